The lowest BCUT2D eigenvalue weighted by molar-refractivity contribution is -0.137. The molecule has 3 unspecified atom stereocenters. The molecular formula is C23H37NO5. The van der Waals surface area contributed by atoms with Gasteiger partial charge in [-0.25, -0.2) is 0 Å². The summed E-state index contributed by atoms with van der Waals surface area (Å²) in [5.74, 6) is 0.106. The summed E-state index contributed by atoms with van der Waals surface area (Å²) in [6.45, 7) is 2.04. The average Bonchev–Trinajstić information content (AvgIpc) is 2.67. The maximum atomic E-state index is 10.5. The Balaban J connectivity index is 2.28. The average molecular weight is 408 g/mol. The largest absolute Gasteiger partial charge is 0.491 e. The van der Waals surface area contributed by atoms with Crippen LogP contribution in [0.25, 0.3) is 0 Å². The van der Waals surface area contributed by atoms with E-state index >= 15 is 0 Å². The number of rotatable bonds is 15. The Morgan fingerprint density at radius 2 is 1.93 bits per heavy atom. The van der Waals surface area contributed by atoms with E-state index in [1.807, 2.05) is 55.4 Å². The van der Waals surface area contributed by atoms with Gasteiger partial charge in [-0.2, -0.15) is 0 Å². The molecule has 0 heterocycles. The number of anilines is 1. The van der Waals surface area contributed by atoms with Gasteiger partial charge in [0.05, 0.1) is 12.2 Å². The number of benzene rings is 1. The van der Waals surface area contributed by atoms with E-state index in [0.717, 1.165) is 37.1 Å². The van der Waals surface area contributed by atoms with Gasteiger partial charge in [0, 0.05) is 32.3 Å². The number of carboxylic acids is 1. The van der Waals surface area contributed by atoms with E-state index in [9.17, 15) is 15.0 Å². The molecule has 0 aliphatic rings. The molecule has 0 radical (unpaired) electrons. The molecule has 0 aliphatic carbocycles. The molecule has 29 heavy (non-hydrogen) atoms. The molecular weight excluding hydrogens is 370 g/mol. The molecule has 0 aromatic heterocycles. The van der Waals surface area contributed by atoms with Crippen molar-refractivity contribution in [3.8, 4) is 5.75 Å². The third-order valence-electron chi connectivity index (χ3n) is 4.94. The zero-order valence-corrected chi connectivity index (χ0v) is 18.0. The van der Waals surface area contributed by atoms with Crippen LogP contribution in [0.3, 0.4) is 0 Å². The summed E-state index contributed by atoms with van der Waals surface area (Å²) >= 11 is 0. The van der Waals surface area contributed by atoms with Crippen LogP contribution < -0.4 is 9.64 Å². The van der Waals surface area contributed by atoms with Crippen molar-refractivity contribution >= 4 is 11.7 Å². The first-order valence-electron chi connectivity index (χ1n) is 10.4. The SMILES string of the molecule is CC(O)C(C/C=C\CCCC(=O)O)CCCC(O)COc1cccc(N(C)C)c1. The Kier molecular flexibility index (Phi) is 12.1. The second kappa shape index (κ2) is 14.0. The van der Waals surface area contributed by atoms with E-state index in [2.05, 4.69) is 0 Å². The summed E-state index contributed by atoms with van der Waals surface area (Å²) in [7, 11) is 3.94. The van der Waals surface area contributed by atoms with Gasteiger partial charge in [0.2, 0.25) is 0 Å². The number of hydrogen-bond acceptors (Lipinski definition) is 5. The molecule has 3 N–H and O–H groups in total. The topological polar surface area (TPSA) is 90.2 Å². The van der Waals surface area contributed by atoms with Gasteiger partial charge >= 0.3 is 5.97 Å². The van der Waals surface area contributed by atoms with Crippen molar-refractivity contribution in [2.24, 2.45) is 5.92 Å². The second-order valence-corrected chi connectivity index (χ2v) is 7.78. The van der Waals surface area contributed by atoms with E-state index in [-0.39, 0.29) is 18.9 Å². The summed E-state index contributed by atoms with van der Waals surface area (Å²) in [6.07, 6.45) is 7.63. The van der Waals surface area contributed by atoms with E-state index < -0.39 is 18.2 Å². The number of hydrogen-bond donors (Lipinski definition) is 3. The molecule has 6 heteroatoms. The fourth-order valence-electron chi connectivity index (χ4n) is 3.06. The van der Waals surface area contributed by atoms with Crippen molar-refractivity contribution < 1.29 is 24.9 Å². The van der Waals surface area contributed by atoms with Crippen LogP contribution in [0.2, 0.25) is 0 Å². The normalized spacial score (nSPS) is 14.5. The Bertz CT molecular complexity index is 615. The first-order chi connectivity index (χ1) is 13.8. The quantitative estimate of drug-likeness (QED) is 0.302. The van der Waals surface area contributed by atoms with Crippen molar-refractivity contribution in [3.05, 3.63) is 36.4 Å². The summed E-state index contributed by atoms with van der Waals surface area (Å²) in [4.78, 5) is 12.5. The Morgan fingerprint density at radius 3 is 2.59 bits per heavy atom. The number of allylic oxidation sites excluding steroid dienone is 2. The number of carboxylic acid groups (broad SMARTS) is 1. The number of aliphatic carboxylic acids is 1. The number of nitrogens with zero attached hydrogens (tertiary/aromatic N) is 1. The van der Waals surface area contributed by atoms with Crippen molar-refractivity contribution in [2.45, 2.75) is 64.1 Å². The van der Waals surface area contributed by atoms with Gasteiger partial charge in [-0.05, 0) is 57.1 Å². The number of aliphatic hydroxyl groups excluding tert-OH is 2. The van der Waals surface area contributed by atoms with Crippen LogP contribution in [0.4, 0.5) is 5.69 Å². The van der Waals surface area contributed by atoms with Crippen LogP contribution in [-0.4, -0.2) is 54.2 Å². The predicted octanol–water partition coefficient (Wildman–Crippen LogP) is 3.86. The number of carbonyl (C=O) groups is 1. The van der Waals surface area contributed by atoms with Gasteiger partial charge in [0.25, 0.3) is 0 Å². The molecule has 0 bridgehead atoms. The van der Waals surface area contributed by atoms with Crippen LogP contribution in [0, 0.1) is 5.92 Å². The fraction of sp³-hybridized carbons (Fsp3) is 0.609. The molecule has 0 saturated carbocycles. The van der Waals surface area contributed by atoms with Crippen molar-refractivity contribution in [1.29, 1.82) is 0 Å². The van der Waals surface area contributed by atoms with Crippen LogP contribution in [0.15, 0.2) is 36.4 Å². The molecule has 1 aromatic rings. The molecule has 0 saturated heterocycles. The highest BCUT2D eigenvalue weighted by Gasteiger charge is 2.14. The minimum absolute atomic E-state index is 0.135. The lowest BCUT2D eigenvalue weighted by Gasteiger charge is -2.19. The maximum absolute atomic E-state index is 10.5. The van der Waals surface area contributed by atoms with Crippen LogP contribution in [0.5, 0.6) is 5.75 Å². The van der Waals surface area contributed by atoms with Gasteiger partial charge in [0.15, 0.2) is 0 Å². The first-order valence-corrected chi connectivity index (χ1v) is 10.4. The Labute approximate surface area is 174 Å². The smallest absolute Gasteiger partial charge is 0.303 e. The Hall–Kier alpha value is -2.05. The lowest BCUT2D eigenvalue weighted by Crippen LogP contribution is -2.20. The van der Waals surface area contributed by atoms with E-state index in [1.165, 1.54) is 0 Å². The third-order valence-corrected chi connectivity index (χ3v) is 4.94. The van der Waals surface area contributed by atoms with Crippen LogP contribution >= 0.6 is 0 Å². The van der Waals surface area contributed by atoms with Crippen molar-refractivity contribution in [3.63, 3.8) is 0 Å². The van der Waals surface area contributed by atoms with Crippen molar-refractivity contribution in [1.82, 2.24) is 0 Å². The standard InChI is InChI=1S/C23H37NO5/c1-18(25)19(10-6-4-5-7-15-23(27)28)11-8-13-21(26)17-29-22-14-9-12-20(16-22)24(2)3/h4,6,9,12,14,16,18-19,21,25-26H,5,7-8,10-11,13,15,17H2,1-3H3,(H,27,28)/b6-4-. The molecule has 3 atom stereocenters. The van der Waals surface area contributed by atoms with Gasteiger partial charge in [-0.15, -0.1) is 0 Å². The molecule has 0 spiro atoms. The summed E-state index contributed by atoms with van der Waals surface area (Å²) in [5, 5.41) is 28.8. The Morgan fingerprint density at radius 1 is 1.17 bits per heavy atom. The van der Waals surface area contributed by atoms with Gasteiger partial charge < -0.3 is 25.0 Å². The number of ether oxygens (including phenoxy) is 1. The fourth-order valence-corrected chi connectivity index (χ4v) is 3.06. The lowest BCUT2D eigenvalue weighted by atomic mass is 9.92. The number of unbranched alkanes of at least 4 members (excludes halogenated alkanes) is 1. The molecule has 1 rings (SSSR count). The molecule has 6 nitrogen and oxygen atoms in total. The predicted molar refractivity (Wildman–Crippen MR) is 117 cm³/mol. The van der Waals surface area contributed by atoms with Gasteiger partial charge in [-0.1, -0.05) is 24.6 Å². The van der Waals surface area contributed by atoms with Gasteiger partial charge in [0.1, 0.15) is 12.4 Å². The third kappa shape index (κ3) is 11.5. The summed E-state index contributed by atoms with van der Waals surface area (Å²) in [6, 6.07) is 7.75. The van der Waals surface area contributed by atoms with E-state index in [0.29, 0.717) is 12.8 Å². The molecule has 0 aliphatic heterocycles. The zero-order chi connectivity index (χ0) is 21.6. The monoisotopic (exact) mass is 407 g/mol. The second-order valence-electron chi connectivity index (χ2n) is 7.78. The van der Waals surface area contributed by atoms with Gasteiger partial charge in [-0.3, -0.25) is 4.79 Å². The minimum Gasteiger partial charge on any atom is -0.491 e. The molecule has 164 valence electrons. The minimum atomic E-state index is -0.770. The molecule has 0 fully saturated rings. The van der Waals surface area contributed by atoms with Crippen LogP contribution in [0.1, 0.15) is 51.9 Å². The van der Waals surface area contributed by atoms with Crippen molar-refractivity contribution in [2.75, 3.05) is 25.6 Å². The highest BCUT2D eigenvalue weighted by atomic mass is 16.5. The highest BCUT2D eigenvalue weighted by Crippen LogP contribution is 2.21. The number of aliphatic hydroxyl groups is 2. The van der Waals surface area contributed by atoms with Crippen LogP contribution in [-0.2, 0) is 4.79 Å². The summed E-state index contributed by atoms with van der Waals surface area (Å²) < 4.78 is 5.70. The van der Waals surface area contributed by atoms with E-state index in [4.69, 9.17) is 9.84 Å². The van der Waals surface area contributed by atoms with E-state index in [1.54, 1.807) is 6.92 Å². The summed E-state index contributed by atoms with van der Waals surface area (Å²) in [5.41, 5.74) is 1.05. The zero-order valence-electron chi connectivity index (χ0n) is 18.0. The molecule has 1 aromatic carbocycles. The highest BCUT2D eigenvalue weighted by molar-refractivity contribution is 5.66. The maximum Gasteiger partial charge on any atom is 0.303 e. The molecule has 0 amide bonds. The first kappa shape index (κ1) is 25.0.